The van der Waals surface area contributed by atoms with Crippen molar-refractivity contribution in [2.45, 2.75) is 20.4 Å². The summed E-state index contributed by atoms with van der Waals surface area (Å²) in [7, 11) is 0. The number of benzene rings is 3. The van der Waals surface area contributed by atoms with Gasteiger partial charge in [-0.15, -0.1) is 0 Å². The first kappa shape index (κ1) is 18.9. The molecule has 3 aromatic carbocycles. The molecule has 0 bridgehead atoms. The third-order valence-electron chi connectivity index (χ3n) is 5.27. The number of ketones is 1. The van der Waals surface area contributed by atoms with Crippen LogP contribution in [0.2, 0.25) is 0 Å². The van der Waals surface area contributed by atoms with Crippen molar-refractivity contribution < 1.29 is 9.18 Å². The fraction of sp³-hybridized carbons (Fsp3) is 0.115. The Labute approximate surface area is 169 Å². The number of fused-ring (bicyclic) bond motifs is 1. The van der Waals surface area contributed by atoms with E-state index in [2.05, 4.69) is 23.6 Å². The predicted octanol–water partition coefficient (Wildman–Crippen LogP) is 6.34. The predicted molar refractivity (Wildman–Crippen MR) is 117 cm³/mol. The van der Waals surface area contributed by atoms with E-state index in [-0.39, 0.29) is 11.6 Å². The van der Waals surface area contributed by atoms with Crippen molar-refractivity contribution >= 4 is 22.8 Å². The number of carbonyl (C=O) groups is 1. The minimum absolute atomic E-state index is 0.0141. The molecule has 0 atom stereocenters. The molecule has 0 fully saturated rings. The Morgan fingerprint density at radius 1 is 0.931 bits per heavy atom. The number of hydrogen-bond donors (Lipinski definition) is 0. The molecular weight excluding hydrogens is 361 g/mol. The van der Waals surface area contributed by atoms with E-state index < -0.39 is 0 Å². The lowest BCUT2D eigenvalue weighted by Gasteiger charge is -2.09. The molecule has 0 aliphatic heterocycles. The van der Waals surface area contributed by atoms with Gasteiger partial charge in [-0.1, -0.05) is 60.2 Å². The molecule has 1 heterocycles. The van der Waals surface area contributed by atoms with Crippen molar-refractivity contribution in [3.05, 3.63) is 113 Å². The summed E-state index contributed by atoms with van der Waals surface area (Å²) in [5, 5.41) is 1.10. The van der Waals surface area contributed by atoms with E-state index in [0.29, 0.717) is 12.1 Å². The van der Waals surface area contributed by atoms with Crippen LogP contribution in [0.25, 0.3) is 17.0 Å². The van der Waals surface area contributed by atoms with E-state index in [9.17, 15) is 9.18 Å². The number of allylic oxidation sites excluding steroid dienone is 1. The summed E-state index contributed by atoms with van der Waals surface area (Å²) in [6, 6.07) is 22.3. The van der Waals surface area contributed by atoms with Crippen LogP contribution in [0.3, 0.4) is 0 Å². The van der Waals surface area contributed by atoms with E-state index >= 15 is 0 Å². The Kier molecular flexibility index (Phi) is 5.13. The van der Waals surface area contributed by atoms with Gasteiger partial charge in [-0.25, -0.2) is 4.39 Å². The summed E-state index contributed by atoms with van der Waals surface area (Å²) in [6.45, 7) is 4.70. The van der Waals surface area contributed by atoms with Gasteiger partial charge < -0.3 is 4.57 Å². The molecule has 0 spiro atoms. The number of para-hydroxylation sites is 1. The van der Waals surface area contributed by atoms with Crippen LogP contribution in [0.15, 0.2) is 78.9 Å². The smallest absolute Gasteiger partial charge is 0.185 e. The second kappa shape index (κ2) is 7.88. The lowest BCUT2D eigenvalue weighted by molar-refractivity contribution is 0.104. The van der Waals surface area contributed by atoms with Gasteiger partial charge in [0, 0.05) is 34.3 Å². The average Bonchev–Trinajstić information content (AvgIpc) is 2.99. The standard InChI is InChI=1S/C26H22FNO/c1-18-7-11-21(12-8-18)26(29)16-15-23-19(2)28(25-6-4-3-5-24(23)25)17-20-9-13-22(27)14-10-20/h3-16H,17H2,1-2H3/b16-15+. The molecule has 4 aromatic rings. The van der Waals surface area contributed by atoms with Crippen molar-refractivity contribution in [2.75, 3.05) is 0 Å². The highest BCUT2D eigenvalue weighted by molar-refractivity contribution is 6.08. The maximum absolute atomic E-state index is 13.3. The molecule has 0 unspecified atom stereocenters. The zero-order chi connectivity index (χ0) is 20.4. The molecule has 2 nitrogen and oxygen atoms in total. The molecule has 0 saturated heterocycles. The number of rotatable bonds is 5. The highest BCUT2D eigenvalue weighted by atomic mass is 19.1. The molecule has 3 heteroatoms. The van der Waals surface area contributed by atoms with Crippen molar-refractivity contribution in [1.82, 2.24) is 4.57 Å². The molecule has 1 aromatic heterocycles. The highest BCUT2D eigenvalue weighted by Crippen LogP contribution is 2.28. The summed E-state index contributed by atoms with van der Waals surface area (Å²) >= 11 is 0. The van der Waals surface area contributed by atoms with Gasteiger partial charge in [-0.05, 0) is 49.8 Å². The molecule has 0 saturated carbocycles. The largest absolute Gasteiger partial charge is 0.340 e. The molecule has 0 aliphatic carbocycles. The maximum atomic E-state index is 13.3. The third kappa shape index (κ3) is 3.90. The second-order valence-corrected chi connectivity index (χ2v) is 7.29. The van der Waals surface area contributed by atoms with E-state index in [1.54, 1.807) is 18.2 Å². The summed E-state index contributed by atoms with van der Waals surface area (Å²) in [5.41, 5.74) is 6.04. The minimum atomic E-state index is -0.235. The van der Waals surface area contributed by atoms with Crippen LogP contribution < -0.4 is 0 Å². The molecule has 0 N–H and O–H groups in total. The average molecular weight is 383 g/mol. The first-order chi connectivity index (χ1) is 14.0. The van der Waals surface area contributed by atoms with Gasteiger partial charge in [0.1, 0.15) is 5.82 Å². The van der Waals surface area contributed by atoms with Crippen LogP contribution in [-0.4, -0.2) is 10.4 Å². The lowest BCUT2D eigenvalue weighted by atomic mass is 10.1. The second-order valence-electron chi connectivity index (χ2n) is 7.29. The maximum Gasteiger partial charge on any atom is 0.185 e. The quantitative estimate of drug-likeness (QED) is 0.291. The van der Waals surface area contributed by atoms with Crippen LogP contribution >= 0.6 is 0 Å². The number of aryl methyl sites for hydroxylation is 1. The zero-order valence-corrected chi connectivity index (χ0v) is 16.5. The Balaban J connectivity index is 1.71. The van der Waals surface area contributed by atoms with Gasteiger partial charge in [-0.2, -0.15) is 0 Å². The van der Waals surface area contributed by atoms with Crippen molar-refractivity contribution in [3.63, 3.8) is 0 Å². The first-order valence-electron chi connectivity index (χ1n) is 9.64. The molecule has 29 heavy (non-hydrogen) atoms. The van der Waals surface area contributed by atoms with Crippen molar-refractivity contribution in [3.8, 4) is 0 Å². The van der Waals surface area contributed by atoms with Gasteiger partial charge in [-0.3, -0.25) is 4.79 Å². The van der Waals surface area contributed by atoms with E-state index in [1.165, 1.54) is 12.1 Å². The summed E-state index contributed by atoms with van der Waals surface area (Å²) in [5.74, 6) is -0.249. The first-order valence-corrected chi connectivity index (χ1v) is 9.64. The van der Waals surface area contributed by atoms with Crippen molar-refractivity contribution in [2.24, 2.45) is 0 Å². The highest BCUT2D eigenvalue weighted by Gasteiger charge is 2.13. The Morgan fingerprint density at radius 3 is 2.34 bits per heavy atom. The lowest BCUT2D eigenvalue weighted by Crippen LogP contribution is -2.02. The van der Waals surface area contributed by atoms with Gasteiger partial charge >= 0.3 is 0 Å². The molecule has 0 radical (unpaired) electrons. The minimum Gasteiger partial charge on any atom is -0.340 e. The summed E-state index contributed by atoms with van der Waals surface area (Å²) in [4.78, 5) is 12.6. The van der Waals surface area contributed by atoms with Gasteiger partial charge in [0.05, 0.1) is 0 Å². The molecule has 0 aliphatic rings. The van der Waals surface area contributed by atoms with Gasteiger partial charge in [0.15, 0.2) is 5.78 Å². The molecular formula is C26H22FNO. The monoisotopic (exact) mass is 383 g/mol. The molecule has 144 valence electrons. The Morgan fingerprint density at radius 2 is 1.62 bits per heavy atom. The van der Waals surface area contributed by atoms with E-state index in [0.717, 1.165) is 33.3 Å². The third-order valence-corrected chi connectivity index (χ3v) is 5.27. The molecule has 0 amide bonds. The van der Waals surface area contributed by atoms with Crippen LogP contribution in [0.4, 0.5) is 4.39 Å². The van der Waals surface area contributed by atoms with Crippen LogP contribution in [0.1, 0.15) is 32.7 Å². The van der Waals surface area contributed by atoms with Gasteiger partial charge in [0.25, 0.3) is 0 Å². The summed E-state index contributed by atoms with van der Waals surface area (Å²) < 4.78 is 15.5. The zero-order valence-electron chi connectivity index (χ0n) is 16.5. The molecule has 4 rings (SSSR count). The van der Waals surface area contributed by atoms with Crippen LogP contribution in [0, 0.1) is 19.7 Å². The van der Waals surface area contributed by atoms with E-state index in [4.69, 9.17) is 0 Å². The SMILES string of the molecule is Cc1ccc(C(=O)/C=C/c2c(C)n(Cc3ccc(F)cc3)c3ccccc23)cc1. The van der Waals surface area contributed by atoms with Gasteiger partial charge in [0.2, 0.25) is 0 Å². The summed E-state index contributed by atoms with van der Waals surface area (Å²) in [6.07, 6.45) is 3.54. The topological polar surface area (TPSA) is 22.0 Å². The normalized spacial score (nSPS) is 11.4. The number of nitrogens with zero attached hydrogens (tertiary/aromatic N) is 1. The van der Waals surface area contributed by atoms with E-state index in [1.807, 2.05) is 49.4 Å². The number of aromatic nitrogens is 1. The number of hydrogen-bond acceptors (Lipinski definition) is 1. The number of carbonyl (C=O) groups excluding carboxylic acids is 1. The fourth-order valence-electron chi connectivity index (χ4n) is 3.62. The van der Waals surface area contributed by atoms with Crippen LogP contribution in [0.5, 0.6) is 0 Å². The van der Waals surface area contributed by atoms with Crippen molar-refractivity contribution in [1.29, 1.82) is 0 Å². The fourth-order valence-corrected chi connectivity index (χ4v) is 3.62. The van der Waals surface area contributed by atoms with Crippen LogP contribution in [-0.2, 0) is 6.54 Å². The number of halogens is 1. The Bertz CT molecular complexity index is 1200. The Hall–Kier alpha value is -3.46.